The van der Waals surface area contributed by atoms with Crippen molar-refractivity contribution in [3.8, 4) is 56.7 Å². The van der Waals surface area contributed by atoms with Crippen molar-refractivity contribution in [3.63, 3.8) is 0 Å². The van der Waals surface area contributed by atoms with E-state index in [-0.39, 0.29) is 31.9 Å². The Bertz CT molecular complexity index is 3080. The van der Waals surface area contributed by atoms with E-state index in [2.05, 4.69) is 116 Å². The summed E-state index contributed by atoms with van der Waals surface area (Å²) in [5.41, 5.74) is 14.7. The van der Waals surface area contributed by atoms with Gasteiger partial charge in [-0.2, -0.15) is 5.26 Å². The predicted molar refractivity (Wildman–Crippen MR) is 245 cm³/mol. The number of fused-ring (bicyclic) bond motifs is 4. The molecule has 0 saturated carbocycles. The van der Waals surface area contributed by atoms with E-state index in [1.54, 1.807) is 6.20 Å². The Morgan fingerprint density at radius 1 is 0.639 bits per heavy atom. The van der Waals surface area contributed by atoms with Crippen molar-refractivity contribution >= 4 is 33.0 Å². The first-order valence-corrected chi connectivity index (χ1v) is 20.4. The van der Waals surface area contributed by atoms with Crippen molar-refractivity contribution in [3.05, 3.63) is 199 Å². The molecular formula is C55H42IrN4O-2. The van der Waals surface area contributed by atoms with Crippen LogP contribution in [0.15, 0.2) is 174 Å². The Labute approximate surface area is 370 Å². The van der Waals surface area contributed by atoms with E-state index in [9.17, 15) is 5.26 Å². The maximum Gasteiger partial charge on any atom is 0.122 e. The van der Waals surface area contributed by atoms with Gasteiger partial charge in [-0.05, 0) is 93.4 Å². The number of pyridine rings is 1. The number of aromatic nitrogens is 3. The monoisotopic (exact) mass is 967 g/mol. The third-order valence-corrected chi connectivity index (χ3v) is 10.9. The number of nitrogens with zero attached hydrogens (tertiary/aromatic N) is 4. The van der Waals surface area contributed by atoms with Gasteiger partial charge in [0.05, 0.1) is 34.1 Å². The molecule has 0 N–H and O–H groups in total. The predicted octanol–water partition coefficient (Wildman–Crippen LogP) is 14.4. The number of benzene rings is 7. The van der Waals surface area contributed by atoms with Gasteiger partial charge in [0.25, 0.3) is 0 Å². The van der Waals surface area contributed by atoms with Gasteiger partial charge in [-0.25, -0.2) is 0 Å². The topological polar surface area (TPSA) is 67.6 Å². The van der Waals surface area contributed by atoms with Crippen molar-refractivity contribution in [1.82, 2.24) is 14.5 Å². The summed E-state index contributed by atoms with van der Waals surface area (Å²) in [6.45, 7) is 9.04. The Hall–Kier alpha value is -6.90. The molecule has 0 fully saturated rings. The van der Waals surface area contributed by atoms with Crippen LogP contribution in [-0.4, -0.2) is 14.5 Å². The van der Waals surface area contributed by atoms with Crippen LogP contribution in [0.4, 0.5) is 0 Å². The van der Waals surface area contributed by atoms with Gasteiger partial charge in [-0.3, -0.25) is 4.98 Å². The van der Waals surface area contributed by atoms with Crippen LogP contribution in [0.2, 0.25) is 0 Å². The minimum absolute atomic E-state index is 0. The van der Waals surface area contributed by atoms with Crippen molar-refractivity contribution < 1.29 is 24.5 Å². The van der Waals surface area contributed by atoms with Gasteiger partial charge in [0, 0.05) is 37.4 Å². The maximum atomic E-state index is 10.3. The largest absolute Gasteiger partial charge is 0.500 e. The smallest absolute Gasteiger partial charge is 0.122 e. The molecule has 0 aliphatic carbocycles. The quantitative estimate of drug-likeness (QED) is 0.149. The molecule has 3 heterocycles. The van der Waals surface area contributed by atoms with Crippen LogP contribution in [0, 0.1) is 23.5 Å². The zero-order valence-electron chi connectivity index (χ0n) is 34.4. The van der Waals surface area contributed by atoms with Gasteiger partial charge in [-0.15, -0.1) is 54.1 Å². The Morgan fingerprint density at radius 3 is 1.90 bits per heavy atom. The van der Waals surface area contributed by atoms with Gasteiger partial charge in [0.1, 0.15) is 5.58 Å². The normalized spacial score (nSPS) is 11.1. The zero-order valence-corrected chi connectivity index (χ0v) is 36.7. The summed E-state index contributed by atoms with van der Waals surface area (Å²) in [7, 11) is 0. The summed E-state index contributed by atoms with van der Waals surface area (Å²) in [6, 6.07) is 64.4. The van der Waals surface area contributed by atoms with Crippen molar-refractivity contribution in [2.24, 2.45) is 0 Å². The molecule has 10 rings (SSSR count). The summed E-state index contributed by atoms with van der Waals surface area (Å²) in [5.74, 6) is 1.25. The first kappa shape index (κ1) is 40.9. The molecular weight excluding hydrogens is 925 g/mol. The molecule has 0 amide bonds. The number of hydrogen-bond donors (Lipinski definition) is 0. The van der Waals surface area contributed by atoms with Crippen molar-refractivity contribution in [2.75, 3.05) is 0 Å². The molecule has 0 saturated heterocycles. The average molecular weight is 967 g/mol. The van der Waals surface area contributed by atoms with E-state index in [4.69, 9.17) is 9.40 Å². The minimum Gasteiger partial charge on any atom is -0.500 e. The van der Waals surface area contributed by atoms with E-state index >= 15 is 0 Å². The number of imidazole rings is 1. The molecule has 0 aliphatic rings. The van der Waals surface area contributed by atoms with Crippen LogP contribution in [0.1, 0.15) is 56.2 Å². The number of para-hydroxylation sites is 2. The Morgan fingerprint density at radius 2 is 1.28 bits per heavy atom. The van der Waals surface area contributed by atoms with Crippen molar-refractivity contribution in [2.45, 2.75) is 39.5 Å². The molecule has 10 aromatic rings. The third kappa shape index (κ3) is 7.95. The second-order valence-electron chi connectivity index (χ2n) is 15.5. The minimum atomic E-state index is 0. The van der Waals surface area contributed by atoms with E-state index in [1.165, 1.54) is 22.3 Å². The van der Waals surface area contributed by atoms with E-state index in [0.29, 0.717) is 16.7 Å². The van der Waals surface area contributed by atoms with Gasteiger partial charge >= 0.3 is 0 Å². The van der Waals surface area contributed by atoms with Crippen LogP contribution >= 0.6 is 0 Å². The standard InChI is InChI=1S/C44H34N3O.C11H8N.Ir/c1-27(2)36-23-32(30-16-9-6-10-17-30)24-37(28(3)4)42(36)47-39-21-12-11-20-38(39)46-44(47)35-19-13-18-34-41-33(26-45)22-31(25-40(41)48-43(34)35)29-14-7-5-8-15-29;1-2-6-10(7-3-1)11-8-4-5-9-12-11;/h5-18,20-25,27-28H,1-4H3;1-6,8-9H;/q2*-1;. The third-order valence-electron chi connectivity index (χ3n) is 10.9. The molecule has 299 valence electrons. The first-order chi connectivity index (χ1) is 29.4. The fourth-order valence-electron chi connectivity index (χ4n) is 8.03. The van der Waals surface area contributed by atoms with Crippen LogP contribution < -0.4 is 0 Å². The molecule has 0 bridgehead atoms. The van der Waals surface area contributed by atoms with Crippen LogP contribution in [0.5, 0.6) is 0 Å². The van der Waals surface area contributed by atoms with Crippen LogP contribution in [0.3, 0.4) is 0 Å². The van der Waals surface area contributed by atoms with E-state index in [0.717, 1.165) is 61.3 Å². The maximum absolute atomic E-state index is 10.3. The van der Waals surface area contributed by atoms with Gasteiger partial charge in [0.15, 0.2) is 0 Å². The summed E-state index contributed by atoms with van der Waals surface area (Å²) >= 11 is 0. The van der Waals surface area contributed by atoms with Crippen LogP contribution in [0.25, 0.3) is 83.6 Å². The molecule has 3 aromatic heterocycles. The molecule has 1 radical (unpaired) electrons. The molecule has 7 aromatic carbocycles. The summed E-state index contributed by atoms with van der Waals surface area (Å²) < 4.78 is 9.04. The summed E-state index contributed by atoms with van der Waals surface area (Å²) in [5, 5.41) is 12.0. The number of nitriles is 1. The molecule has 0 atom stereocenters. The fraction of sp³-hybridized carbons (Fsp3) is 0.109. The second-order valence-corrected chi connectivity index (χ2v) is 15.5. The van der Waals surface area contributed by atoms with Gasteiger partial charge in [-0.1, -0.05) is 124 Å². The molecule has 61 heavy (non-hydrogen) atoms. The Balaban J connectivity index is 0.000000340. The Kier molecular flexibility index (Phi) is 11.9. The molecule has 6 heteroatoms. The van der Waals surface area contributed by atoms with Gasteiger partial charge < -0.3 is 14.0 Å². The number of furan rings is 1. The van der Waals surface area contributed by atoms with Gasteiger partial charge in [0.2, 0.25) is 0 Å². The molecule has 0 unspecified atom stereocenters. The van der Waals surface area contributed by atoms with E-state index < -0.39 is 0 Å². The number of rotatable bonds is 7. The van der Waals surface area contributed by atoms with Crippen LogP contribution in [-0.2, 0) is 20.1 Å². The van der Waals surface area contributed by atoms with E-state index in [1.807, 2.05) is 103 Å². The molecule has 5 nitrogen and oxygen atoms in total. The fourth-order valence-corrected chi connectivity index (χ4v) is 8.03. The second kappa shape index (κ2) is 17.8. The van der Waals surface area contributed by atoms with Crippen molar-refractivity contribution in [1.29, 1.82) is 5.26 Å². The SMILES string of the molecule is CC(C)c1cc(-c2ccccc2)cc(C(C)C)c1-n1c(-c2[c-]ccc3c2oc2cc(-c4ccccc4)cc(C#N)c23)nc2ccccc21.[Ir].[c-]1ccccc1-c1ccccn1. The summed E-state index contributed by atoms with van der Waals surface area (Å²) in [6.07, 6.45) is 1.79. The zero-order chi connectivity index (χ0) is 41.2. The molecule has 0 spiro atoms. The summed E-state index contributed by atoms with van der Waals surface area (Å²) in [4.78, 5) is 9.49. The average Bonchev–Trinajstić information content (AvgIpc) is 3.88. The molecule has 0 aliphatic heterocycles. The number of hydrogen-bond acceptors (Lipinski definition) is 4. The first-order valence-electron chi connectivity index (χ1n) is 20.4.